The predicted octanol–water partition coefficient (Wildman–Crippen LogP) is 18.6. The Bertz CT molecular complexity index is 3450. The molecule has 8 aromatic carbocycles. The van der Waals surface area contributed by atoms with Crippen molar-refractivity contribution in [2.75, 3.05) is 0 Å². The van der Waals surface area contributed by atoms with Crippen LogP contribution in [0.3, 0.4) is 0 Å². The van der Waals surface area contributed by atoms with Crippen LogP contribution in [-0.4, -0.2) is 0 Å². The third kappa shape index (κ3) is 5.06. The Morgan fingerprint density at radius 1 is 0.304 bits per heavy atom. The first-order chi connectivity index (χ1) is 33.4. The zero-order valence-electron chi connectivity index (χ0n) is 41.4. The third-order valence-electron chi connectivity index (χ3n) is 19.9. The van der Waals surface area contributed by atoms with Crippen LogP contribution in [0.1, 0.15) is 161 Å². The summed E-state index contributed by atoms with van der Waals surface area (Å²) in [7, 11) is 0. The van der Waals surface area contributed by atoms with Crippen molar-refractivity contribution in [3.8, 4) is 44.5 Å². The normalized spacial score (nSPS) is 20.5. The van der Waals surface area contributed by atoms with Gasteiger partial charge in [-0.05, 0) is 195 Å². The van der Waals surface area contributed by atoms with Crippen molar-refractivity contribution in [3.05, 3.63) is 201 Å². The van der Waals surface area contributed by atoms with Crippen molar-refractivity contribution in [3.63, 3.8) is 0 Å². The third-order valence-corrected chi connectivity index (χ3v) is 19.9. The summed E-state index contributed by atoms with van der Waals surface area (Å²) >= 11 is 0. The summed E-state index contributed by atoms with van der Waals surface area (Å²) in [5.41, 5.74) is 29.6. The molecule has 0 unspecified atom stereocenters. The molecule has 0 radical (unpaired) electrons. The van der Waals surface area contributed by atoms with Gasteiger partial charge in [-0.2, -0.15) is 0 Å². The molecule has 0 aliphatic heterocycles. The van der Waals surface area contributed by atoms with E-state index in [0.717, 1.165) is 0 Å². The first kappa shape index (κ1) is 40.6. The Balaban J connectivity index is 0.813. The molecular formula is C69H62. The molecule has 0 aromatic heterocycles. The fraction of sp³-hybridized carbons (Fsp3) is 0.304. The van der Waals surface area contributed by atoms with Crippen LogP contribution in [0.5, 0.6) is 0 Å². The van der Waals surface area contributed by atoms with E-state index in [1.54, 1.807) is 22.3 Å². The van der Waals surface area contributed by atoms with Crippen molar-refractivity contribution in [2.24, 2.45) is 5.41 Å². The highest BCUT2D eigenvalue weighted by molar-refractivity contribution is 6.06. The highest BCUT2D eigenvalue weighted by Gasteiger charge is 2.50. The molecule has 8 aromatic rings. The predicted molar refractivity (Wildman–Crippen MR) is 291 cm³/mol. The summed E-state index contributed by atoms with van der Waals surface area (Å²) in [5.74, 6) is 0. The van der Waals surface area contributed by atoms with Gasteiger partial charge >= 0.3 is 0 Å². The minimum absolute atomic E-state index is 0.0532. The average Bonchev–Trinajstić information content (AvgIpc) is 4.06. The van der Waals surface area contributed by atoms with Gasteiger partial charge in [-0.15, -0.1) is 0 Å². The molecule has 15 rings (SSSR count). The van der Waals surface area contributed by atoms with Crippen LogP contribution in [-0.2, 0) is 21.7 Å². The molecule has 69 heavy (non-hydrogen) atoms. The van der Waals surface area contributed by atoms with Gasteiger partial charge in [0.25, 0.3) is 0 Å². The zero-order chi connectivity index (χ0) is 46.4. The highest BCUT2D eigenvalue weighted by atomic mass is 14.5. The van der Waals surface area contributed by atoms with Crippen molar-refractivity contribution in [2.45, 2.75) is 127 Å². The van der Waals surface area contributed by atoms with E-state index in [0.29, 0.717) is 0 Å². The van der Waals surface area contributed by atoms with E-state index < -0.39 is 0 Å². The molecule has 2 spiro atoms. The van der Waals surface area contributed by atoms with Crippen molar-refractivity contribution < 1.29 is 0 Å². The maximum absolute atomic E-state index is 2.69. The van der Waals surface area contributed by atoms with Gasteiger partial charge < -0.3 is 0 Å². The SMILES string of the molecule is CC1(C)C(c2ccc3c(c2)C2(CCCCC2)c2cc4c(cc2-3)C(C)(C)c2ccc3ccccc3c2-4)=CC=C1c1ccc2c(c1)C1(CCCCC1)c1cc3c(cc1-2)C(C)(C)c1ccc2ccccc2c1-3. The standard InChI is InChI=1S/C69H62/c1-65(2)53(43-21-25-47-49-37-57-51(39-61(49)68(59(47)35-43)31-13-7-14-32-68)63-45-19-11-9-17-41(45)23-27-55(63)66(57,3)4)29-30-54(65)44-22-26-48-50-38-58-52(40-62(50)69(60(48)36-44)33-15-8-16-34-69)64-46-20-12-10-18-42(46)24-28-56(64)67(58,5)6/h9-12,17-30,35-40H,7-8,13-16,31-34H2,1-6H3. The van der Waals surface area contributed by atoms with Crippen LogP contribution in [0, 0.1) is 5.41 Å². The van der Waals surface area contributed by atoms with E-state index >= 15 is 0 Å². The van der Waals surface area contributed by atoms with Gasteiger partial charge in [-0.25, -0.2) is 0 Å². The highest BCUT2D eigenvalue weighted by Crippen LogP contribution is 2.64. The summed E-state index contributed by atoms with van der Waals surface area (Å²) in [6, 6.07) is 53.6. The van der Waals surface area contributed by atoms with Crippen LogP contribution in [0.4, 0.5) is 0 Å². The average molecular weight is 891 g/mol. The molecule has 0 nitrogen and oxygen atoms in total. The van der Waals surface area contributed by atoms with Crippen molar-refractivity contribution in [1.29, 1.82) is 0 Å². The minimum atomic E-state index is -0.148. The van der Waals surface area contributed by atoms with E-state index in [4.69, 9.17) is 0 Å². The lowest BCUT2D eigenvalue weighted by atomic mass is 9.66. The van der Waals surface area contributed by atoms with Crippen molar-refractivity contribution in [1.82, 2.24) is 0 Å². The lowest BCUT2D eigenvalue weighted by molar-refractivity contribution is 0.353. The van der Waals surface area contributed by atoms with E-state index in [1.807, 2.05) is 0 Å². The maximum Gasteiger partial charge on any atom is 0.0215 e. The quantitative estimate of drug-likeness (QED) is 0.162. The van der Waals surface area contributed by atoms with Crippen LogP contribution < -0.4 is 0 Å². The van der Waals surface area contributed by atoms with Crippen molar-refractivity contribution >= 4 is 32.7 Å². The van der Waals surface area contributed by atoms with E-state index in [-0.39, 0.29) is 27.1 Å². The second kappa shape index (κ2) is 13.5. The molecule has 0 heteroatoms. The number of hydrogen-bond donors (Lipinski definition) is 0. The van der Waals surface area contributed by atoms with E-state index in [9.17, 15) is 0 Å². The summed E-state index contributed by atoms with van der Waals surface area (Å²) in [5, 5.41) is 5.47. The number of allylic oxidation sites excluding steroid dienone is 4. The van der Waals surface area contributed by atoms with Crippen LogP contribution in [0.15, 0.2) is 146 Å². The molecule has 7 aliphatic rings. The van der Waals surface area contributed by atoms with Gasteiger partial charge in [0.2, 0.25) is 0 Å². The minimum Gasteiger partial charge on any atom is -0.0616 e. The number of benzene rings is 8. The smallest absolute Gasteiger partial charge is 0.0215 e. The molecular weight excluding hydrogens is 829 g/mol. The lowest BCUT2D eigenvalue weighted by Crippen LogP contribution is -2.28. The Kier molecular flexibility index (Phi) is 7.97. The monoisotopic (exact) mass is 890 g/mol. The Hall–Kier alpha value is -6.24. The molecule has 0 N–H and O–H groups in total. The molecule has 2 saturated carbocycles. The topological polar surface area (TPSA) is 0 Å². The van der Waals surface area contributed by atoms with E-state index in [1.165, 1.54) is 175 Å². The first-order valence-corrected chi connectivity index (χ1v) is 26.6. The van der Waals surface area contributed by atoms with Crippen LogP contribution in [0.25, 0.3) is 77.2 Å². The molecule has 0 heterocycles. The Morgan fingerprint density at radius 2 is 0.696 bits per heavy atom. The van der Waals surface area contributed by atoms with Gasteiger partial charge in [-0.1, -0.05) is 189 Å². The summed E-state index contributed by atoms with van der Waals surface area (Å²) in [6.45, 7) is 14.8. The fourth-order valence-electron chi connectivity index (χ4n) is 16.3. The zero-order valence-corrected chi connectivity index (χ0v) is 41.4. The molecule has 0 atom stereocenters. The lowest BCUT2D eigenvalue weighted by Gasteiger charge is -2.37. The molecule has 338 valence electrons. The first-order valence-electron chi connectivity index (χ1n) is 26.6. The second-order valence-corrected chi connectivity index (χ2v) is 24.1. The number of hydrogen-bond acceptors (Lipinski definition) is 0. The summed E-state index contributed by atoms with van der Waals surface area (Å²) in [6.07, 6.45) is 17.7. The number of fused-ring (bicyclic) bond motifs is 20. The van der Waals surface area contributed by atoms with Gasteiger partial charge in [0.15, 0.2) is 0 Å². The van der Waals surface area contributed by atoms with E-state index in [2.05, 4.69) is 187 Å². The maximum atomic E-state index is 2.69. The largest absolute Gasteiger partial charge is 0.0616 e. The van der Waals surface area contributed by atoms with Gasteiger partial charge in [-0.3, -0.25) is 0 Å². The Labute approximate surface area is 409 Å². The summed E-state index contributed by atoms with van der Waals surface area (Å²) in [4.78, 5) is 0. The van der Waals surface area contributed by atoms with Crippen LogP contribution in [0.2, 0.25) is 0 Å². The summed E-state index contributed by atoms with van der Waals surface area (Å²) < 4.78 is 0. The second-order valence-electron chi connectivity index (χ2n) is 24.1. The Morgan fingerprint density at radius 3 is 1.13 bits per heavy atom. The molecule has 2 fully saturated rings. The molecule has 7 aliphatic carbocycles. The molecule has 0 saturated heterocycles. The van der Waals surface area contributed by atoms with Gasteiger partial charge in [0.05, 0.1) is 0 Å². The molecule has 0 bridgehead atoms. The number of rotatable bonds is 2. The van der Waals surface area contributed by atoms with Gasteiger partial charge in [0, 0.05) is 27.1 Å². The molecule has 0 amide bonds. The van der Waals surface area contributed by atoms with Gasteiger partial charge in [0.1, 0.15) is 0 Å². The fourth-order valence-corrected chi connectivity index (χ4v) is 16.3. The van der Waals surface area contributed by atoms with Crippen LogP contribution >= 0.6 is 0 Å².